The smallest absolute Gasteiger partial charge is 0.349 e. The van der Waals surface area contributed by atoms with Crippen LogP contribution in [0.3, 0.4) is 0 Å². The second-order valence-electron chi connectivity index (χ2n) is 3.95. The minimum absolute atomic E-state index is 0.00683. The van der Waals surface area contributed by atoms with E-state index in [1.54, 1.807) is 23.2 Å². The summed E-state index contributed by atoms with van der Waals surface area (Å²) in [6, 6.07) is 4.99. The lowest BCUT2D eigenvalue weighted by Gasteiger charge is -2.04. The normalized spacial score (nSPS) is 12.4. The first kappa shape index (κ1) is 12.2. The van der Waals surface area contributed by atoms with Crippen molar-refractivity contribution in [2.45, 2.75) is 6.18 Å². The molecule has 0 aliphatic carbocycles. The zero-order chi connectivity index (χ0) is 13.8. The summed E-state index contributed by atoms with van der Waals surface area (Å²) in [5, 5.41) is 0.459. The highest BCUT2D eigenvalue weighted by molar-refractivity contribution is 9.10. The molecule has 98 valence electrons. The highest BCUT2D eigenvalue weighted by Crippen LogP contribution is 2.29. The average Bonchev–Trinajstić information content (AvgIpc) is 2.67. The number of aromatic amines is 2. The van der Waals surface area contributed by atoms with Crippen LogP contribution in [0.4, 0.5) is 13.2 Å². The van der Waals surface area contributed by atoms with Crippen molar-refractivity contribution in [1.82, 2.24) is 15.0 Å². The lowest BCUT2D eigenvalue weighted by atomic mass is 10.2. The molecule has 0 saturated heterocycles. The number of nitrogens with one attached hydrogen (secondary N) is 2. The van der Waals surface area contributed by atoms with Gasteiger partial charge in [0.05, 0.1) is 0 Å². The Morgan fingerprint density at radius 3 is 2.63 bits per heavy atom. The van der Waals surface area contributed by atoms with Gasteiger partial charge in [0.1, 0.15) is 11.0 Å². The molecule has 2 N–H and O–H groups in total. The van der Waals surface area contributed by atoms with Gasteiger partial charge < -0.3 is 9.97 Å². The van der Waals surface area contributed by atoms with Crippen LogP contribution in [0.15, 0.2) is 27.5 Å². The minimum Gasteiger partial charge on any atom is -0.349 e. The van der Waals surface area contributed by atoms with Crippen LogP contribution in [-0.2, 0) is 6.18 Å². The van der Waals surface area contributed by atoms with Crippen LogP contribution in [0.1, 0.15) is 5.82 Å². The lowest BCUT2D eigenvalue weighted by molar-refractivity contribution is -0.144. The first-order valence-electron chi connectivity index (χ1n) is 5.15. The molecule has 0 spiro atoms. The van der Waals surface area contributed by atoms with Gasteiger partial charge in [-0.3, -0.25) is 4.79 Å². The quantitative estimate of drug-likeness (QED) is 0.664. The third-order valence-electron chi connectivity index (χ3n) is 2.68. The summed E-state index contributed by atoms with van der Waals surface area (Å²) in [6.07, 6.45) is -4.69. The van der Waals surface area contributed by atoms with E-state index in [-0.39, 0.29) is 11.0 Å². The topological polar surface area (TPSA) is 61.5 Å². The van der Waals surface area contributed by atoms with Crippen LogP contribution < -0.4 is 5.56 Å². The monoisotopic (exact) mass is 331 g/mol. The van der Waals surface area contributed by atoms with Gasteiger partial charge in [-0.05, 0) is 18.2 Å². The summed E-state index contributed by atoms with van der Waals surface area (Å²) < 4.78 is 38.6. The number of hydrogen-bond donors (Lipinski definition) is 2. The number of hydrogen-bond acceptors (Lipinski definition) is 2. The van der Waals surface area contributed by atoms with Crippen molar-refractivity contribution >= 4 is 37.9 Å². The van der Waals surface area contributed by atoms with E-state index in [9.17, 15) is 18.0 Å². The summed E-state index contributed by atoms with van der Waals surface area (Å²) in [6.45, 7) is 0. The predicted molar refractivity (Wildman–Crippen MR) is 66.9 cm³/mol. The fourth-order valence-electron chi connectivity index (χ4n) is 1.87. The molecular weight excluding hydrogens is 327 g/mol. The third-order valence-corrected chi connectivity index (χ3v) is 3.18. The number of benzene rings is 1. The zero-order valence-electron chi connectivity index (χ0n) is 9.10. The molecule has 19 heavy (non-hydrogen) atoms. The number of nitrogens with zero attached hydrogens (tertiary/aromatic N) is 1. The van der Waals surface area contributed by atoms with Crippen LogP contribution in [0.2, 0.25) is 0 Å². The second kappa shape index (κ2) is 3.83. The van der Waals surface area contributed by atoms with Crippen LogP contribution in [0.5, 0.6) is 0 Å². The van der Waals surface area contributed by atoms with Gasteiger partial charge in [-0.15, -0.1) is 0 Å². The van der Waals surface area contributed by atoms with Gasteiger partial charge in [-0.2, -0.15) is 13.2 Å². The van der Waals surface area contributed by atoms with Gasteiger partial charge in [0, 0.05) is 15.4 Å². The van der Waals surface area contributed by atoms with Gasteiger partial charge in [-0.25, -0.2) is 4.98 Å². The molecule has 0 bridgehead atoms. The average molecular weight is 332 g/mol. The SMILES string of the molecule is O=c1[nH]c(C(F)(F)F)nc2c1[nH]c1ccc(Br)cc12. The summed E-state index contributed by atoms with van der Waals surface area (Å²) in [5.74, 6) is -1.30. The molecule has 4 nitrogen and oxygen atoms in total. The van der Waals surface area contributed by atoms with E-state index >= 15 is 0 Å². The van der Waals surface area contributed by atoms with Crippen molar-refractivity contribution in [2.24, 2.45) is 0 Å². The molecule has 0 amide bonds. The van der Waals surface area contributed by atoms with Crippen molar-refractivity contribution in [3.8, 4) is 0 Å². The van der Waals surface area contributed by atoms with E-state index < -0.39 is 17.6 Å². The Labute approximate surface area is 111 Å². The number of fused-ring (bicyclic) bond motifs is 3. The Morgan fingerprint density at radius 2 is 1.95 bits per heavy atom. The van der Waals surface area contributed by atoms with Crippen LogP contribution in [-0.4, -0.2) is 15.0 Å². The van der Waals surface area contributed by atoms with Gasteiger partial charge in [-0.1, -0.05) is 15.9 Å². The molecule has 2 heterocycles. The summed E-state index contributed by atoms with van der Waals surface area (Å²) >= 11 is 3.23. The summed E-state index contributed by atoms with van der Waals surface area (Å²) in [4.78, 5) is 19.7. The van der Waals surface area contributed by atoms with Crippen molar-refractivity contribution in [3.05, 3.63) is 38.9 Å². The Bertz CT molecular complexity index is 850. The Balaban J connectivity index is 2.48. The molecule has 0 aliphatic rings. The molecule has 1 aromatic carbocycles. The number of rotatable bonds is 0. The fourth-order valence-corrected chi connectivity index (χ4v) is 2.24. The van der Waals surface area contributed by atoms with E-state index in [1.807, 2.05) is 0 Å². The van der Waals surface area contributed by atoms with E-state index in [1.165, 1.54) is 0 Å². The molecule has 8 heteroatoms. The molecular formula is C11H5BrF3N3O. The van der Waals surface area contributed by atoms with Gasteiger partial charge in [0.15, 0.2) is 0 Å². The Kier molecular flexibility index (Phi) is 2.46. The fraction of sp³-hybridized carbons (Fsp3) is 0.0909. The van der Waals surface area contributed by atoms with Gasteiger partial charge >= 0.3 is 6.18 Å². The van der Waals surface area contributed by atoms with Crippen molar-refractivity contribution in [2.75, 3.05) is 0 Å². The molecule has 3 aromatic rings. The first-order valence-corrected chi connectivity index (χ1v) is 5.94. The Morgan fingerprint density at radius 1 is 1.21 bits per heavy atom. The maximum absolute atomic E-state index is 12.6. The van der Waals surface area contributed by atoms with E-state index in [4.69, 9.17) is 0 Å². The molecule has 0 fully saturated rings. The minimum atomic E-state index is -4.69. The number of alkyl halides is 3. The largest absolute Gasteiger partial charge is 0.449 e. The first-order chi connectivity index (χ1) is 8.86. The zero-order valence-corrected chi connectivity index (χ0v) is 10.7. The highest BCUT2D eigenvalue weighted by atomic mass is 79.9. The molecule has 3 rings (SSSR count). The molecule has 0 unspecified atom stereocenters. The van der Waals surface area contributed by atoms with E-state index in [0.717, 1.165) is 0 Å². The maximum Gasteiger partial charge on any atom is 0.449 e. The van der Waals surface area contributed by atoms with Gasteiger partial charge in [0.2, 0.25) is 5.82 Å². The van der Waals surface area contributed by atoms with Crippen LogP contribution >= 0.6 is 15.9 Å². The maximum atomic E-state index is 12.6. The van der Waals surface area contributed by atoms with Crippen LogP contribution in [0, 0.1) is 0 Å². The number of aromatic nitrogens is 3. The molecule has 0 radical (unpaired) electrons. The molecule has 2 aromatic heterocycles. The van der Waals surface area contributed by atoms with E-state index in [0.29, 0.717) is 15.4 Å². The standard InChI is InChI=1S/C11H5BrF3N3O/c12-4-1-2-6-5(3-4)7-8(16-6)9(19)18-10(17-7)11(13,14)15/h1-3,16H,(H,17,18,19). The predicted octanol–water partition coefficient (Wildman–Crippen LogP) is 3.19. The highest BCUT2D eigenvalue weighted by Gasteiger charge is 2.34. The van der Waals surface area contributed by atoms with Gasteiger partial charge in [0.25, 0.3) is 5.56 Å². The third kappa shape index (κ3) is 1.92. The van der Waals surface area contributed by atoms with Crippen molar-refractivity contribution in [1.29, 1.82) is 0 Å². The Hall–Kier alpha value is -1.83. The summed E-state index contributed by atoms with van der Waals surface area (Å²) in [5.41, 5.74) is -0.256. The molecule has 0 aliphatic heterocycles. The molecule has 0 atom stereocenters. The van der Waals surface area contributed by atoms with Crippen molar-refractivity contribution < 1.29 is 13.2 Å². The van der Waals surface area contributed by atoms with Crippen molar-refractivity contribution in [3.63, 3.8) is 0 Å². The number of halogens is 4. The summed E-state index contributed by atoms with van der Waals surface area (Å²) in [7, 11) is 0. The number of H-pyrrole nitrogens is 2. The molecule has 0 saturated carbocycles. The van der Waals surface area contributed by atoms with Crippen LogP contribution in [0.25, 0.3) is 21.9 Å². The van der Waals surface area contributed by atoms with E-state index in [2.05, 4.69) is 25.9 Å². The lowest BCUT2D eigenvalue weighted by Crippen LogP contribution is -2.18. The second-order valence-corrected chi connectivity index (χ2v) is 4.87.